The molecule has 0 saturated carbocycles. The summed E-state index contributed by atoms with van der Waals surface area (Å²) in [4.78, 5) is 12.3. The lowest BCUT2D eigenvalue weighted by Gasteiger charge is -1.92. The lowest BCUT2D eigenvalue weighted by molar-refractivity contribution is 1.14. The maximum absolute atomic E-state index is 4.18. The fourth-order valence-electron chi connectivity index (χ4n) is 0.964. The Balaban J connectivity index is 3.03. The van der Waals surface area contributed by atoms with Crippen LogP contribution in [0, 0.1) is 0 Å². The Morgan fingerprint density at radius 1 is 1.08 bits per heavy atom. The van der Waals surface area contributed by atoms with Crippen LogP contribution in [0.25, 0.3) is 24.3 Å². The van der Waals surface area contributed by atoms with Crippen LogP contribution in [0.5, 0.6) is 0 Å². The first-order valence-electron chi connectivity index (χ1n) is 3.54. The Kier molecular flexibility index (Phi) is 1.37. The molecule has 0 aromatic carbocycles. The van der Waals surface area contributed by atoms with E-state index in [0.29, 0.717) is 16.3 Å². The summed E-state index contributed by atoms with van der Waals surface area (Å²) >= 11 is 0. The Labute approximate surface area is 69.1 Å². The molecule has 2 aromatic heterocycles. The number of rotatable bonds is 0. The fraction of sp³-hybridized carbons (Fsp3) is 0. The van der Waals surface area contributed by atoms with E-state index in [-0.39, 0.29) is 0 Å². The van der Waals surface area contributed by atoms with Gasteiger partial charge in [-0.05, 0) is 12.1 Å². The van der Waals surface area contributed by atoms with Gasteiger partial charge in [0.15, 0.2) is 5.65 Å². The zero-order chi connectivity index (χ0) is 8.55. The molecule has 0 spiro atoms. The van der Waals surface area contributed by atoms with Crippen molar-refractivity contribution in [3.63, 3.8) is 0 Å². The van der Waals surface area contributed by atoms with Crippen LogP contribution >= 0.6 is 0 Å². The second kappa shape index (κ2) is 2.37. The van der Waals surface area contributed by atoms with E-state index in [9.17, 15) is 0 Å². The van der Waals surface area contributed by atoms with Crippen LogP contribution in [0.2, 0.25) is 0 Å². The van der Waals surface area contributed by atoms with E-state index >= 15 is 0 Å². The highest BCUT2D eigenvalue weighted by atomic mass is 14.9. The molecule has 2 rings (SSSR count). The topological polar surface area (TPSA) is 38.7 Å². The van der Waals surface area contributed by atoms with E-state index < -0.39 is 0 Å². The number of hydrogen-bond acceptors (Lipinski definition) is 3. The minimum Gasteiger partial charge on any atom is -0.243 e. The molecule has 12 heavy (non-hydrogen) atoms. The monoisotopic (exact) mass is 157 g/mol. The molecule has 58 valence electrons. The van der Waals surface area contributed by atoms with E-state index in [4.69, 9.17) is 0 Å². The van der Waals surface area contributed by atoms with Gasteiger partial charge in [-0.3, -0.25) is 0 Å². The summed E-state index contributed by atoms with van der Waals surface area (Å²) < 4.78 is 0. The van der Waals surface area contributed by atoms with E-state index in [2.05, 4.69) is 28.1 Å². The molecule has 0 aliphatic heterocycles. The van der Waals surface area contributed by atoms with Gasteiger partial charge in [0.05, 0.1) is 10.7 Å². The van der Waals surface area contributed by atoms with Crippen LogP contribution in [-0.4, -0.2) is 15.0 Å². The normalized spacial score (nSPS) is 10.3. The Bertz CT molecular complexity index is 470. The second-order valence-electron chi connectivity index (χ2n) is 2.46. The average molecular weight is 157 g/mol. The van der Waals surface area contributed by atoms with Crippen LogP contribution in [0.1, 0.15) is 0 Å². The van der Waals surface area contributed by atoms with E-state index in [0.717, 1.165) is 5.52 Å². The van der Waals surface area contributed by atoms with Crippen LogP contribution in [-0.2, 0) is 0 Å². The van der Waals surface area contributed by atoms with Gasteiger partial charge < -0.3 is 0 Å². The summed E-state index contributed by atoms with van der Waals surface area (Å²) in [6, 6.07) is 3.67. The molecule has 0 aliphatic rings. The third-order valence-corrected chi connectivity index (χ3v) is 1.60. The predicted octanol–water partition coefficient (Wildman–Crippen LogP) is -0.155. The number of fused-ring (bicyclic) bond motifs is 1. The van der Waals surface area contributed by atoms with Gasteiger partial charge in [0.1, 0.15) is 5.52 Å². The Morgan fingerprint density at radius 2 is 1.83 bits per heavy atom. The molecule has 0 amide bonds. The Morgan fingerprint density at radius 3 is 2.67 bits per heavy atom. The molecule has 2 aromatic rings. The molecular weight excluding hydrogens is 150 g/mol. The van der Waals surface area contributed by atoms with Gasteiger partial charge in [0.25, 0.3) is 0 Å². The van der Waals surface area contributed by atoms with Gasteiger partial charge in [-0.1, -0.05) is 13.2 Å². The van der Waals surface area contributed by atoms with Gasteiger partial charge >= 0.3 is 0 Å². The van der Waals surface area contributed by atoms with Crippen molar-refractivity contribution in [2.24, 2.45) is 0 Å². The fourth-order valence-corrected chi connectivity index (χ4v) is 0.964. The van der Waals surface area contributed by atoms with Crippen molar-refractivity contribution >= 4 is 24.3 Å². The largest absolute Gasteiger partial charge is 0.243 e. The van der Waals surface area contributed by atoms with E-state index in [1.807, 2.05) is 12.1 Å². The molecule has 0 bridgehead atoms. The predicted molar refractivity (Wildman–Crippen MR) is 47.6 cm³/mol. The van der Waals surface area contributed by atoms with Gasteiger partial charge in [0, 0.05) is 6.20 Å². The zero-order valence-corrected chi connectivity index (χ0v) is 6.49. The lowest BCUT2D eigenvalue weighted by atomic mass is 10.4. The summed E-state index contributed by atoms with van der Waals surface area (Å²) in [5.41, 5.74) is 1.38. The van der Waals surface area contributed by atoms with Crippen molar-refractivity contribution in [2.45, 2.75) is 0 Å². The zero-order valence-electron chi connectivity index (χ0n) is 6.49. The number of hydrogen-bond donors (Lipinski definition) is 0. The summed E-state index contributed by atoms with van der Waals surface area (Å²) in [6.45, 7) is 7.40. The highest BCUT2D eigenvalue weighted by Crippen LogP contribution is 1.97. The summed E-state index contributed by atoms with van der Waals surface area (Å²) in [6.07, 6.45) is 1.68. The van der Waals surface area contributed by atoms with Gasteiger partial charge in [0.2, 0.25) is 0 Å². The van der Waals surface area contributed by atoms with Gasteiger partial charge in [-0.2, -0.15) is 0 Å². The molecule has 0 atom stereocenters. The van der Waals surface area contributed by atoms with E-state index in [1.165, 1.54) is 0 Å². The average Bonchev–Trinajstić information content (AvgIpc) is 2.07. The van der Waals surface area contributed by atoms with Crippen LogP contribution in [0.4, 0.5) is 0 Å². The molecule has 0 fully saturated rings. The molecule has 0 aliphatic carbocycles. The maximum atomic E-state index is 4.18. The van der Waals surface area contributed by atoms with Crippen molar-refractivity contribution in [1.29, 1.82) is 0 Å². The van der Waals surface area contributed by atoms with Crippen molar-refractivity contribution < 1.29 is 0 Å². The highest BCUT2D eigenvalue weighted by Gasteiger charge is 1.93. The SMILES string of the molecule is C=c1nc2cccnc2nc1=C. The van der Waals surface area contributed by atoms with Crippen LogP contribution in [0.3, 0.4) is 0 Å². The van der Waals surface area contributed by atoms with Gasteiger partial charge in [-0.15, -0.1) is 0 Å². The van der Waals surface area contributed by atoms with E-state index in [1.54, 1.807) is 6.20 Å². The van der Waals surface area contributed by atoms with Crippen molar-refractivity contribution in [2.75, 3.05) is 0 Å². The first-order chi connectivity index (χ1) is 5.77. The summed E-state index contributed by atoms with van der Waals surface area (Å²) in [5.74, 6) is 0. The first-order valence-corrected chi connectivity index (χ1v) is 3.54. The number of nitrogens with zero attached hydrogens (tertiary/aromatic N) is 3. The van der Waals surface area contributed by atoms with Crippen molar-refractivity contribution in [3.05, 3.63) is 29.0 Å². The Hall–Kier alpha value is -1.77. The minimum absolute atomic E-state index is 0.584. The van der Waals surface area contributed by atoms with Crippen LogP contribution < -0.4 is 10.7 Å². The quantitative estimate of drug-likeness (QED) is 0.533. The molecule has 3 nitrogen and oxygen atoms in total. The van der Waals surface area contributed by atoms with Crippen LogP contribution in [0.15, 0.2) is 18.3 Å². The first kappa shape index (κ1) is 6.91. The summed E-state index contributed by atoms with van der Waals surface area (Å²) in [7, 11) is 0. The minimum atomic E-state index is 0.584. The van der Waals surface area contributed by atoms with Gasteiger partial charge in [-0.25, -0.2) is 15.0 Å². The third-order valence-electron chi connectivity index (χ3n) is 1.60. The smallest absolute Gasteiger partial charge is 0.178 e. The maximum Gasteiger partial charge on any atom is 0.178 e. The molecule has 0 radical (unpaired) electrons. The molecular formula is C9H7N3. The molecule has 3 heteroatoms. The second-order valence-corrected chi connectivity index (χ2v) is 2.46. The summed E-state index contributed by atoms with van der Waals surface area (Å²) in [5, 5.41) is 1.19. The third kappa shape index (κ3) is 0.955. The standard InChI is InChI=1S/C9H7N3/c1-6-7(2)12-9-8(11-6)4-3-5-10-9/h3-5H,1-2H2. The number of aromatic nitrogens is 3. The highest BCUT2D eigenvalue weighted by molar-refractivity contribution is 5.68. The number of pyridine rings is 1. The molecule has 0 saturated heterocycles. The molecule has 0 unspecified atom stereocenters. The lowest BCUT2D eigenvalue weighted by Crippen LogP contribution is -2.28. The van der Waals surface area contributed by atoms with Crippen molar-refractivity contribution in [3.8, 4) is 0 Å². The molecule has 2 heterocycles. The van der Waals surface area contributed by atoms with Crippen molar-refractivity contribution in [1.82, 2.24) is 15.0 Å². The molecule has 0 N–H and O–H groups in total.